The number of aliphatic hydroxyl groups excluding tert-OH is 1. The van der Waals surface area contributed by atoms with Gasteiger partial charge in [0.25, 0.3) is 11.5 Å². The van der Waals surface area contributed by atoms with Crippen LogP contribution in [0.4, 0.5) is 5.69 Å². The van der Waals surface area contributed by atoms with Gasteiger partial charge in [-0.1, -0.05) is 6.92 Å². The first-order valence-corrected chi connectivity index (χ1v) is 8.32. The monoisotopic (exact) mass is 390 g/mol. The average molecular weight is 390 g/mol. The molecule has 11 heteroatoms. The third-order valence-corrected chi connectivity index (χ3v) is 4.51. The summed E-state index contributed by atoms with van der Waals surface area (Å²) in [4.78, 5) is 48.8. The Morgan fingerprint density at radius 1 is 1.36 bits per heavy atom. The minimum Gasteiger partial charge on any atom is -0.452 e. The molecule has 28 heavy (non-hydrogen) atoms. The molecule has 1 aliphatic heterocycles. The summed E-state index contributed by atoms with van der Waals surface area (Å²) in [5.41, 5.74) is 8.51. The Bertz CT molecular complexity index is 859. The second kappa shape index (κ2) is 8.51. The molecule has 1 aromatic carbocycles. The molecule has 1 heterocycles. The van der Waals surface area contributed by atoms with Gasteiger partial charge in [-0.2, -0.15) is 4.79 Å². The molecule has 1 saturated heterocycles. The second-order valence-electron chi connectivity index (χ2n) is 6.40. The number of non-ortho nitro benzene ring substituents is 1. The van der Waals surface area contributed by atoms with E-state index in [1.165, 1.54) is 38.1 Å². The van der Waals surface area contributed by atoms with Gasteiger partial charge in [-0.15, -0.1) is 0 Å². The number of esters is 1. The fourth-order valence-corrected chi connectivity index (χ4v) is 2.87. The molecule has 4 unspecified atom stereocenters. The number of nitrogens with zero attached hydrogens (tertiary/aromatic N) is 3. The van der Waals surface area contributed by atoms with Crippen molar-refractivity contribution >= 4 is 29.1 Å². The van der Waals surface area contributed by atoms with Crippen LogP contribution < -0.4 is 5.32 Å². The molecule has 2 N–H and O–H groups in total. The number of ketones is 1. The molecule has 1 fully saturated rings. The lowest BCUT2D eigenvalue weighted by molar-refractivity contribution is -0.384. The van der Waals surface area contributed by atoms with Gasteiger partial charge in [0.1, 0.15) is 6.61 Å². The van der Waals surface area contributed by atoms with Crippen molar-refractivity contribution in [2.75, 3.05) is 0 Å². The molecule has 0 aromatic heterocycles. The highest BCUT2D eigenvalue weighted by molar-refractivity contribution is 6.62. The molecule has 2 rings (SSSR count). The van der Waals surface area contributed by atoms with E-state index >= 15 is 0 Å². The summed E-state index contributed by atoms with van der Waals surface area (Å²) in [6.07, 6.45) is -0.988. The first-order valence-electron chi connectivity index (χ1n) is 8.32. The summed E-state index contributed by atoms with van der Waals surface area (Å²) in [5.74, 6) is -4.20. The number of rotatable bonds is 8. The Balaban J connectivity index is 2.00. The number of nitrogens with one attached hydrogen (secondary N) is 1. The van der Waals surface area contributed by atoms with Crippen LogP contribution in [0.1, 0.15) is 19.4 Å². The van der Waals surface area contributed by atoms with Crippen LogP contribution in [-0.4, -0.2) is 50.3 Å². The summed E-state index contributed by atoms with van der Waals surface area (Å²) in [6, 6.07) is 4.50. The highest BCUT2D eigenvalue weighted by atomic mass is 16.6. The van der Waals surface area contributed by atoms with Crippen LogP contribution in [0.5, 0.6) is 0 Å². The van der Waals surface area contributed by atoms with Gasteiger partial charge in [0.05, 0.1) is 23.0 Å². The molecule has 0 radical (unpaired) electrons. The largest absolute Gasteiger partial charge is 0.452 e. The number of Topliss-reactive ketones (excluding diaryl/α,β-unsaturated/α-hetero) is 1. The van der Waals surface area contributed by atoms with Gasteiger partial charge in [-0.25, -0.2) is 4.79 Å². The van der Waals surface area contributed by atoms with E-state index in [9.17, 15) is 29.6 Å². The van der Waals surface area contributed by atoms with Crippen molar-refractivity contribution in [2.45, 2.75) is 32.6 Å². The molecule has 1 amide bonds. The van der Waals surface area contributed by atoms with Gasteiger partial charge in [-0.3, -0.25) is 19.7 Å². The standard InChI is InChI=1S/C17H18N4O7/c1-8(13-12(9(2)22)16(24)19-13)15(23)14(20-18)17(25)28-7-10-3-5-11(6-4-10)21(26)27/h3-6,8-9,12-13,22H,7H2,1-2H3,(H,19,24). The van der Waals surface area contributed by atoms with Crippen molar-refractivity contribution in [2.24, 2.45) is 11.8 Å². The average Bonchev–Trinajstić information content (AvgIpc) is 2.63. The lowest BCUT2D eigenvalue weighted by atomic mass is 9.76. The number of benzene rings is 1. The Kier molecular flexibility index (Phi) is 6.34. The minimum absolute atomic E-state index is 0.132. The van der Waals surface area contributed by atoms with Crippen LogP contribution in [0.2, 0.25) is 0 Å². The summed E-state index contributed by atoms with van der Waals surface area (Å²) in [5, 5.41) is 22.7. The number of carbonyl (C=O) groups is 3. The quantitative estimate of drug-likeness (QED) is 0.0919. The van der Waals surface area contributed by atoms with Crippen LogP contribution in [0.15, 0.2) is 24.3 Å². The SMILES string of the molecule is CC(O)C1C(=O)NC1C(C)C(=O)C(=[N+]=[N-])C(=O)OCc1ccc([N+](=O)[O-])cc1. The van der Waals surface area contributed by atoms with E-state index in [-0.39, 0.29) is 12.3 Å². The highest BCUT2D eigenvalue weighted by Crippen LogP contribution is 2.26. The molecule has 4 atom stereocenters. The number of nitro benzene ring substituents is 1. The lowest BCUT2D eigenvalue weighted by Gasteiger charge is -2.40. The Morgan fingerprint density at radius 2 is 1.96 bits per heavy atom. The van der Waals surface area contributed by atoms with E-state index in [2.05, 4.69) is 10.1 Å². The molecule has 0 saturated carbocycles. The minimum atomic E-state index is -1.18. The number of β-lactam (4-membered cyclic amide) rings is 1. The first kappa shape index (κ1) is 20.9. The van der Waals surface area contributed by atoms with Crippen molar-refractivity contribution < 1.29 is 33.9 Å². The number of amides is 1. The van der Waals surface area contributed by atoms with Gasteiger partial charge in [0.2, 0.25) is 5.91 Å². The molecular formula is C17H18N4O7. The third kappa shape index (κ3) is 4.27. The molecule has 0 bridgehead atoms. The van der Waals surface area contributed by atoms with E-state index in [1.807, 2.05) is 0 Å². The first-order chi connectivity index (χ1) is 13.2. The molecular weight excluding hydrogens is 372 g/mol. The molecule has 148 valence electrons. The van der Waals surface area contributed by atoms with Crippen LogP contribution in [0.3, 0.4) is 0 Å². The summed E-state index contributed by atoms with van der Waals surface area (Å²) in [7, 11) is 0. The Morgan fingerprint density at radius 3 is 2.43 bits per heavy atom. The molecule has 11 nitrogen and oxygen atoms in total. The van der Waals surface area contributed by atoms with Crippen LogP contribution in [0.25, 0.3) is 5.53 Å². The summed E-state index contributed by atoms with van der Waals surface area (Å²) >= 11 is 0. The smallest absolute Gasteiger partial charge is 0.441 e. The molecule has 0 spiro atoms. The molecule has 1 aromatic rings. The van der Waals surface area contributed by atoms with Crippen molar-refractivity contribution in [3.05, 3.63) is 45.5 Å². The Labute approximate surface area is 159 Å². The molecule has 0 aliphatic carbocycles. The zero-order chi connectivity index (χ0) is 21.0. The lowest BCUT2D eigenvalue weighted by Crippen LogP contribution is -2.66. The van der Waals surface area contributed by atoms with Crippen LogP contribution in [-0.2, 0) is 25.7 Å². The van der Waals surface area contributed by atoms with Crippen molar-refractivity contribution in [3.8, 4) is 0 Å². The second-order valence-corrected chi connectivity index (χ2v) is 6.40. The topological polar surface area (TPSA) is 172 Å². The van der Waals surface area contributed by atoms with Crippen molar-refractivity contribution in [1.82, 2.24) is 5.32 Å². The number of hydrogen-bond acceptors (Lipinski definition) is 7. The van der Waals surface area contributed by atoms with Crippen LogP contribution in [0, 0.1) is 22.0 Å². The van der Waals surface area contributed by atoms with Gasteiger partial charge in [0, 0.05) is 18.1 Å². The number of carbonyl (C=O) groups excluding carboxylic acids is 3. The van der Waals surface area contributed by atoms with Gasteiger partial charge in [-0.05, 0) is 24.6 Å². The van der Waals surface area contributed by atoms with Crippen LogP contribution >= 0.6 is 0 Å². The van der Waals surface area contributed by atoms with E-state index < -0.39 is 52.3 Å². The van der Waals surface area contributed by atoms with Crippen molar-refractivity contribution in [1.29, 1.82) is 0 Å². The summed E-state index contributed by atoms with van der Waals surface area (Å²) < 4.78 is 4.92. The number of nitro groups is 1. The fraction of sp³-hybridized carbons (Fsp3) is 0.412. The zero-order valence-corrected chi connectivity index (χ0v) is 15.1. The van der Waals surface area contributed by atoms with Gasteiger partial charge < -0.3 is 20.7 Å². The predicted octanol–water partition coefficient (Wildman–Crippen LogP) is 0.00940. The maximum Gasteiger partial charge on any atom is 0.441 e. The highest BCUT2D eigenvalue weighted by Gasteiger charge is 2.50. The predicted molar refractivity (Wildman–Crippen MR) is 92.8 cm³/mol. The van der Waals surface area contributed by atoms with Crippen molar-refractivity contribution in [3.63, 3.8) is 0 Å². The Hall–Kier alpha value is -3.43. The van der Waals surface area contributed by atoms with E-state index in [1.54, 1.807) is 0 Å². The van der Waals surface area contributed by atoms with E-state index in [0.29, 0.717) is 5.56 Å². The normalized spacial score (nSPS) is 20.0. The maximum absolute atomic E-state index is 12.5. The summed E-state index contributed by atoms with van der Waals surface area (Å²) in [6.45, 7) is 2.54. The zero-order valence-electron chi connectivity index (χ0n) is 15.1. The van der Waals surface area contributed by atoms with E-state index in [4.69, 9.17) is 10.3 Å². The third-order valence-electron chi connectivity index (χ3n) is 4.51. The molecule has 1 aliphatic rings. The maximum atomic E-state index is 12.5. The number of aliphatic hydroxyl groups is 1. The number of hydrogen-bond donors (Lipinski definition) is 2. The fourth-order valence-electron chi connectivity index (χ4n) is 2.87. The van der Waals surface area contributed by atoms with E-state index in [0.717, 1.165) is 0 Å². The van der Waals surface area contributed by atoms with Gasteiger partial charge in [0.15, 0.2) is 0 Å². The van der Waals surface area contributed by atoms with Gasteiger partial charge >= 0.3 is 11.7 Å². The number of ether oxygens (including phenoxy) is 1.